The molecule has 0 fully saturated rings. The molecule has 1 rings (SSSR count). The van der Waals surface area contributed by atoms with Gasteiger partial charge in [-0.2, -0.15) is 0 Å². The van der Waals surface area contributed by atoms with Gasteiger partial charge in [0.15, 0.2) is 0 Å². The average molecular weight is 151 g/mol. The van der Waals surface area contributed by atoms with E-state index in [-0.39, 0.29) is 11.8 Å². The average Bonchev–Trinajstić information content (AvgIpc) is 2.04. The van der Waals surface area contributed by atoms with Crippen LogP contribution in [0.1, 0.15) is 13.3 Å². The minimum Gasteiger partial charge on any atom is -0.358 e. The lowest BCUT2D eigenvalue weighted by Gasteiger charge is -2.14. The van der Waals surface area contributed by atoms with E-state index in [0.717, 1.165) is 12.0 Å². The van der Waals surface area contributed by atoms with Gasteiger partial charge in [-0.3, -0.25) is 4.79 Å². The summed E-state index contributed by atoms with van der Waals surface area (Å²) in [6.45, 7) is 1.99. The van der Waals surface area contributed by atoms with Crippen molar-refractivity contribution < 1.29 is 4.79 Å². The van der Waals surface area contributed by atoms with Gasteiger partial charge >= 0.3 is 0 Å². The molecule has 1 atom stereocenters. The SMILES string of the molecule is CNC(=O)C1C=CCC=C1C. The first-order chi connectivity index (χ1) is 5.25. The zero-order chi connectivity index (χ0) is 8.27. The predicted octanol–water partition coefficient (Wildman–Crippen LogP) is 1.25. The van der Waals surface area contributed by atoms with E-state index in [4.69, 9.17) is 0 Å². The molecule has 0 radical (unpaired) electrons. The van der Waals surface area contributed by atoms with Gasteiger partial charge in [0, 0.05) is 7.05 Å². The first-order valence-electron chi connectivity index (χ1n) is 3.80. The lowest BCUT2D eigenvalue weighted by Crippen LogP contribution is -2.27. The van der Waals surface area contributed by atoms with E-state index in [0.29, 0.717) is 0 Å². The summed E-state index contributed by atoms with van der Waals surface area (Å²) in [4.78, 5) is 11.2. The molecule has 1 N–H and O–H groups in total. The number of rotatable bonds is 1. The van der Waals surface area contributed by atoms with Gasteiger partial charge in [0.1, 0.15) is 0 Å². The van der Waals surface area contributed by atoms with E-state index in [1.807, 2.05) is 19.1 Å². The van der Waals surface area contributed by atoms with Crippen molar-refractivity contribution >= 4 is 5.91 Å². The summed E-state index contributed by atoms with van der Waals surface area (Å²) in [5.74, 6) is 0.0449. The highest BCUT2D eigenvalue weighted by molar-refractivity contribution is 5.83. The van der Waals surface area contributed by atoms with E-state index in [2.05, 4.69) is 11.4 Å². The normalized spacial score (nSPS) is 22.7. The van der Waals surface area contributed by atoms with E-state index in [9.17, 15) is 4.79 Å². The number of carbonyl (C=O) groups excluding carboxylic acids is 1. The van der Waals surface area contributed by atoms with Crippen LogP contribution in [0.5, 0.6) is 0 Å². The standard InChI is InChI=1S/C9H13NO/c1-7-5-3-4-6-8(7)9(11)10-2/h4-6,8H,3H2,1-2H3,(H,10,11). The molecule has 0 heterocycles. The minimum absolute atomic E-state index is 0.0336. The highest BCUT2D eigenvalue weighted by Crippen LogP contribution is 2.17. The maximum Gasteiger partial charge on any atom is 0.230 e. The quantitative estimate of drug-likeness (QED) is 0.561. The van der Waals surface area contributed by atoms with Crippen LogP contribution in [0.3, 0.4) is 0 Å². The number of carbonyl (C=O) groups is 1. The third kappa shape index (κ3) is 1.70. The Hall–Kier alpha value is -1.05. The van der Waals surface area contributed by atoms with Crippen molar-refractivity contribution in [3.05, 3.63) is 23.8 Å². The largest absolute Gasteiger partial charge is 0.358 e. The molecular formula is C9H13NO. The lowest BCUT2D eigenvalue weighted by molar-refractivity contribution is -0.122. The van der Waals surface area contributed by atoms with Gasteiger partial charge < -0.3 is 5.32 Å². The summed E-state index contributed by atoms with van der Waals surface area (Å²) >= 11 is 0. The molecule has 0 aromatic rings. The van der Waals surface area contributed by atoms with Crippen molar-refractivity contribution in [1.82, 2.24) is 5.32 Å². The molecule has 1 aliphatic carbocycles. The predicted molar refractivity (Wildman–Crippen MR) is 45.1 cm³/mol. The van der Waals surface area contributed by atoms with Gasteiger partial charge in [-0.25, -0.2) is 0 Å². The summed E-state index contributed by atoms with van der Waals surface area (Å²) in [5, 5.41) is 2.63. The topological polar surface area (TPSA) is 29.1 Å². The Morgan fingerprint density at radius 2 is 2.45 bits per heavy atom. The summed E-state index contributed by atoms with van der Waals surface area (Å²) in [6.07, 6.45) is 7.01. The van der Waals surface area contributed by atoms with Crippen LogP contribution in [-0.2, 0) is 4.79 Å². The van der Waals surface area contributed by atoms with E-state index in [1.54, 1.807) is 7.05 Å². The van der Waals surface area contributed by atoms with E-state index in [1.165, 1.54) is 0 Å². The van der Waals surface area contributed by atoms with Crippen LogP contribution < -0.4 is 5.32 Å². The molecule has 11 heavy (non-hydrogen) atoms. The molecule has 1 aliphatic rings. The smallest absolute Gasteiger partial charge is 0.230 e. The molecule has 0 saturated carbocycles. The molecule has 1 unspecified atom stereocenters. The second kappa shape index (κ2) is 3.37. The summed E-state index contributed by atoms with van der Waals surface area (Å²) < 4.78 is 0. The van der Waals surface area contributed by atoms with Gasteiger partial charge in [0.25, 0.3) is 0 Å². The Kier molecular flexibility index (Phi) is 2.47. The van der Waals surface area contributed by atoms with Crippen LogP contribution in [0.15, 0.2) is 23.8 Å². The first-order valence-corrected chi connectivity index (χ1v) is 3.80. The van der Waals surface area contributed by atoms with Crippen molar-refractivity contribution in [3.63, 3.8) is 0 Å². The lowest BCUT2D eigenvalue weighted by atomic mass is 9.94. The molecule has 60 valence electrons. The molecule has 2 heteroatoms. The number of hydrogen-bond acceptors (Lipinski definition) is 1. The molecule has 0 aromatic heterocycles. The highest BCUT2D eigenvalue weighted by Gasteiger charge is 2.16. The van der Waals surface area contributed by atoms with Gasteiger partial charge in [0.2, 0.25) is 5.91 Å². The minimum atomic E-state index is -0.0336. The Labute approximate surface area is 67.0 Å². The van der Waals surface area contributed by atoms with Crippen molar-refractivity contribution in [2.24, 2.45) is 5.92 Å². The van der Waals surface area contributed by atoms with Crippen molar-refractivity contribution in [3.8, 4) is 0 Å². The Morgan fingerprint density at radius 1 is 1.73 bits per heavy atom. The summed E-state index contributed by atoms with van der Waals surface area (Å²) in [7, 11) is 1.66. The maximum absolute atomic E-state index is 11.2. The number of hydrogen-bond donors (Lipinski definition) is 1. The van der Waals surface area contributed by atoms with Crippen molar-refractivity contribution in [1.29, 1.82) is 0 Å². The molecule has 0 saturated heterocycles. The van der Waals surface area contributed by atoms with Crippen LogP contribution >= 0.6 is 0 Å². The van der Waals surface area contributed by atoms with Gasteiger partial charge in [0.05, 0.1) is 5.92 Å². The molecule has 1 amide bonds. The molecular weight excluding hydrogens is 138 g/mol. The van der Waals surface area contributed by atoms with Crippen molar-refractivity contribution in [2.45, 2.75) is 13.3 Å². The van der Waals surface area contributed by atoms with Crippen molar-refractivity contribution in [2.75, 3.05) is 7.05 Å². The molecule has 0 spiro atoms. The molecule has 0 bridgehead atoms. The summed E-state index contributed by atoms with van der Waals surface area (Å²) in [5.41, 5.74) is 1.15. The Balaban J connectivity index is 2.70. The molecule has 0 aliphatic heterocycles. The van der Waals surface area contributed by atoms with E-state index >= 15 is 0 Å². The van der Waals surface area contributed by atoms with Crippen LogP contribution in [-0.4, -0.2) is 13.0 Å². The number of amides is 1. The number of nitrogens with one attached hydrogen (secondary N) is 1. The van der Waals surface area contributed by atoms with Crippen LogP contribution in [0.25, 0.3) is 0 Å². The number of allylic oxidation sites excluding steroid dienone is 2. The van der Waals surface area contributed by atoms with Crippen LogP contribution in [0, 0.1) is 5.92 Å². The highest BCUT2D eigenvalue weighted by atomic mass is 16.1. The molecule has 0 aromatic carbocycles. The first kappa shape index (κ1) is 8.05. The second-order valence-corrected chi connectivity index (χ2v) is 2.70. The second-order valence-electron chi connectivity index (χ2n) is 2.70. The zero-order valence-electron chi connectivity index (χ0n) is 6.92. The fourth-order valence-electron chi connectivity index (χ4n) is 1.20. The maximum atomic E-state index is 11.2. The third-order valence-electron chi connectivity index (χ3n) is 1.92. The fraction of sp³-hybridized carbons (Fsp3) is 0.444. The van der Waals surface area contributed by atoms with Gasteiger partial charge in [-0.1, -0.05) is 23.8 Å². The van der Waals surface area contributed by atoms with Gasteiger partial charge in [-0.15, -0.1) is 0 Å². The van der Waals surface area contributed by atoms with Gasteiger partial charge in [-0.05, 0) is 13.3 Å². The molecule has 2 nitrogen and oxygen atoms in total. The Morgan fingerprint density at radius 3 is 3.00 bits per heavy atom. The fourth-order valence-corrected chi connectivity index (χ4v) is 1.20. The summed E-state index contributed by atoms with van der Waals surface area (Å²) in [6, 6.07) is 0. The van der Waals surface area contributed by atoms with E-state index < -0.39 is 0 Å². The Bertz CT molecular complexity index is 216. The third-order valence-corrected chi connectivity index (χ3v) is 1.92. The monoisotopic (exact) mass is 151 g/mol. The van der Waals surface area contributed by atoms with Crippen LogP contribution in [0.4, 0.5) is 0 Å². The zero-order valence-corrected chi connectivity index (χ0v) is 6.92. The van der Waals surface area contributed by atoms with Crippen LogP contribution in [0.2, 0.25) is 0 Å².